The van der Waals surface area contributed by atoms with Gasteiger partial charge in [0.05, 0.1) is 5.69 Å². The Balaban J connectivity index is 1.39. The molecule has 1 nitrogen and oxygen atoms in total. The SMILES string of the molecule is c1ccc(-c2ccc(N(c3ccccc3)c3c4c(cc5ccccc35)-c3cc5ccccc5cc3-4)cc2)cc1. The summed E-state index contributed by atoms with van der Waals surface area (Å²) < 4.78 is 0. The molecule has 182 valence electrons. The van der Waals surface area contributed by atoms with Gasteiger partial charge in [0, 0.05) is 22.3 Å². The van der Waals surface area contributed by atoms with E-state index in [0.29, 0.717) is 0 Å². The zero-order valence-corrected chi connectivity index (χ0v) is 21.4. The van der Waals surface area contributed by atoms with Gasteiger partial charge in [0.2, 0.25) is 0 Å². The van der Waals surface area contributed by atoms with Gasteiger partial charge < -0.3 is 4.90 Å². The van der Waals surface area contributed by atoms with Crippen LogP contribution in [-0.4, -0.2) is 0 Å². The molecular formula is C38H25N. The standard InChI is InChI=1S/C38H25N/c1-3-11-26(12-4-1)27-19-21-32(22-20-27)39(31-16-5-2-6-17-31)38-33-18-10-9-15-30(33)25-36-34-23-28-13-7-8-14-29(28)24-35(34)37(36)38/h1-25H. The first kappa shape index (κ1) is 21.9. The zero-order chi connectivity index (χ0) is 25.8. The molecule has 1 aliphatic rings. The van der Waals surface area contributed by atoms with Crippen LogP contribution < -0.4 is 4.90 Å². The Morgan fingerprint density at radius 3 is 1.59 bits per heavy atom. The van der Waals surface area contributed by atoms with E-state index in [2.05, 4.69) is 157 Å². The number of hydrogen-bond donors (Lipinski definition) is 0. The predicted octanol–water partition coefficient (Wildman–Crippen LogP) is 10.8. The number of anilines is 3. The lowest BCUT2D eigenvalue weighted by Gasteiger charge is -2.35. The van der Waals surface area contributed by atoms with Gasteiger partial charge in [0.1, 0.15) is 0 Å². The molecule has 0 heterocycles. The van der Waals surface area contributed by atoms with Gasteiger partial charge in [0.25, 0.3) is 0 Å². The van der Waals surface area contributed by atoms with Crippen LogP contribution >= 0.6 is 0 Å². The van der Waals surface area contributed by atoms with Crippen molar-refractivity contribution < 1.29 is 0 Å². The third-order valence-corrected chi connectivity index (χ3v) is 7.94. The molecule has 0 bridgehead atoms. The lowest BCUT2D eigenvalue weighted by Crippen LogP contribution is -2.14. The Hall–Kier alpha value is -5.14. The maximum Gasteiger partial charge on any atom is 0.0624 e. The summed E-state index contributed by atoms with van der Waals surface area (Å²) in [4.78, 5) is 2.44. The fraction of sp³-hybridized carbons (Fsp3) is 0. The van der Waals surface area contributed by atoms with Crippen molar-refractivity contribution in [1.29, 1.82) is 0 Å². The first-order chi connectivity index (χ1) is 19.3. The summed E-state index contributed by atoms with van der Waals surface area (Å²) in [5.41, 5.74) is 11.3. The summed E-state index contributed by atoms with van der Waals surface area (Å²) in [5, 5.41) is 5.07. The van der Waals surface area contributed by atoms with Crippen molar-refractivity contribution in [2.45, 2.75) is 0 Å². The second-order valence-electron chi connectivity index (χ2n) is 10.2. The molecule has 1 aliphatic carbocycles. The molecule has 7 aromatic carbocycles. The van der Waals surface area contributed by atoms with Crippen LogP contribution in [0.15, 0.2) is 152 Å². The van der Waals surface area contributed by atoms with Crippen molar-refractivity contribution in [3.05, 3.63) is 152 Å². The van der Waals surface area contributed by atoms with Crippen molar-refractivity contribution in [3.63, 3.8) is 0 Å². The van der Waals surface area contributed by atoms with Crippen molar-refractivity contribution >= 4 is 38.6 Å². The molecule has 0 radical (unpaired) electrons. The van der Waals surface area contributed by atoms with Crippen LogP contribution in [0.2, 0.25) is 0 Å². The minimum atomic E-state index is 1.15. The Kier molecular flexibility index (Phi) is 4.89. The average Bonchev–Trinajstić information content (AvgIpc) is 3.01. The molecule has 39 heavy (non-hydrogen) atoms. The van der Waals surface area contributed by atoms with Gasteiger partial charge in [-0.05, 0) is 86.4 Å². The molecule has 7 aromatic rings. The largest absolute Gasteiger partial charge is 0.309 e. The van der Waals surface area contributed by atoms with Crippen molar-refractivity contribution in [2.75, 3.05) is 4.90 Å². The molecule has 8 rings (SSSR count). The van der Waals surface area contributed by atoms with Crippen molar-refractivity contribution in [3.8, 4) is 33.4 Å². The van der Waals surface area contributed by atoms with E-state index in [4.69, 9.17) is 0 Å². The molecular weight excluding hydrogens is 470 g/mol. The van der Waals surface area contributed by atoms with Crippen LogP contribution in [0.3, 0.4) is 0 Å². The normalized spacial score (nSPS) is 11.6. The predicted molar refractivity (Wildman–Crippen MR) is 166 cm³/mol. The smallest absolute Gasteiger partial charge is 0.0624 e. The van der Waals surface area contributed by atoms with E-state index in [1.165, 1.54) is 60.6 Å². The number of rotatable bonds is 4. The van der Waals surface area contributed by atoms with Crippen molar-refractivity contribution in [2.24, 2.45) is 0 Å². The zero-order valence-electron chi connectivity index (χ0n) is 21.4. The van der Waals surface area contributed by atoms with Gasteiger partial charge in [-0.1, -0.05) is 109 Å². The number of hydrogen-bond acceptors (Lipinski definition) is 1. The fourth-order valence-corrected chi connectivity index (χ4v) is 6.07. The molecule has 0 aromatic heterocycles. The Labute approximate surface area is 228 Å². The van der Waals surface area contributed by atoms with E-state index < -0.39 is 0 Å². The highest BCUT2D eigenvalue weighted by molar-refractivity contribution is 6.20. The molecule has 0 spiro atoms. The van der Waals surface area contributed by atoms with Crippen LogP contribution in [0.4, 0.5) is 17.1 Å². The first-order valence-electron chi connectivity index (χ1n) is 13.5. The fourth-order valence-electron chi connectivity index (χ4n) is 6.07. The first-order valence-corrected chi connectivity index (χ1v) is 13.5. The third-order valence-electron chi connectivity index (χ3n) is 7.94. The second-order valence-corrected chi connectivity index (χ2v) is 10.2. The highest BCUT2D eigenvalue weighted by Crippen LogP contribution is 2.57. The Morgan fingerprint density at radius 2 is 0.872 bits per heavy atom. The quantitative estimate of drug-likeness (QED) is 0.235. The van der Waals surface area contributed by atoms with Gasteiger partial charge >= 0.3 is 0 Å². The lowest BCUT2D eigenvalue weighted by molar-refractivity contribution is 1.29. The molecule has 0 atom stereocenters. The minimum absolute atomic E-state index is 1.15. The van der Waals surface area contributed by atoms with E-state index in [-0.39, 0.29) is 0 Å². The van der Waals surface area contributed by atoms with E-state index in [0.717, 1.165) is 11.4 Å². The summed E-state index contributed by atoms with van der Waals surface area (Å²) in [6.07, 6.45) is 0. The highest BCUT2D eigenvalue weighted by Gasteiger charge is 2.31. The Bertz CT molecular complexity index is 1990. The molecule has 0 amide bonds. The summed E-state index contributed by atoms with van der Waals surface area (Å²) in [5.74, 6) is 0. The highest BCUT2D eigenvalue weighted by atomic mass is 15.1. The molecule has 0 N–H and O–H groups in total. The van der Waals surface area contributed by atoms with Gasteiger partial charge in [-0.3, -0.25) is 0 Å². The number of fused-ring (bicyclic) bond motifs is 6. The summed E-state index contributed by atoms with van der Waals surface area (Å²) >= 11 is 0. The maximum atomic E-state index is 2.44. The summed E-state index contributed by atoms with van der Waals surface area (Å²) in [6.45, 7) is 0. The number of nitrogens with zero attached hydrogens (tertiary/aromatic N) is 1. The lowest BCUT2D eigenvalue weighted by atomic mass is 9.76. The molecule has 0 fully saturated rings. The monoisotopic (exact) mass is 495 g/mol. The van der Waals surface area contributed by atoms with Crippen LogP contribution in [0.1, 0.15) is 0 Å². The average molecular weight is 496 g/mol. The minimum Gasteiger partial charge on any atom is -0.309 e. The van der Waals surface area contributed by atoms with Crippen molar-refractivity contribution in [1.82, 2.24) is 0 Å². The van der Waals surface area contributed by atoms with E-state index >= 15 is 0 Å². The van der Waals surface area contributed by atoms with Crippen LogP contribution in [0, 0.1) is 0 Å². The van der Waals surface area contributed by atoms with Gasteiger partial charge in [0.15, 0.2) is 0 Å². The van der Waals surface area contributed by atoms with E-state index in [1.807, 2.05) is 0 Å². The van der Waals surface area contributed by atoms with Gasteiger partial charge in [-0.25, -0.2) is 0 Å². The van der Waals surface area contributed by atoms with Crippen LogP contribution in [0.5, 0.6) is 0 Å². The molecule has 0 unspecified atom stereocenters. The molecule has 0 saturated carbocycles. The second kappa shape index (κ2) is 8.72. The van der Waals surface area contributed by atoms with Gasteiger partial charge in [-0.2, -0.15) is 0 Å². The number of para-hydroxylation sites is 1. The molecule has 0 saturated heterocycles. The topological polar surface area (TPSA) is 3.24 Å². The summed E-state index contributed by atoms with van der Waals surface area (Å²) in [6, 6.07) is 54.9. The van der Waals surface area contributed by atoms with Crippen LogP contribution in [-0.2, 0) is 0 Å². The van der Waals surface area contributed by atoms with E-state index in [1.54, 1.807) is 0 Å². The molecule has 1 heteroatoms. The maximum absolute atomic E-state index is 2.44. The Morgan fingerprint density at radius 1 is 0.359 bits per heavy atom. The third kappa shape index (κ3) is 3.48. The van der Waals surface area contributed by atoms with Gasteiger partial charge in [-0.15, -0.1) is 0 Å². The van der Waals surface area contributed by atoms with Crippen LogP contribution in [0.25, 0.3) is 54.9 Å². The number of benzene rings is 7. The molecule has 0 aliphatic heterocycles. The van der Waals surface area contributed by atoms with E-state index in [9.17, 15) is 0 Å². The summed E-state index contributed by atoms with van der Waals surface area (Å²) in [7, 11) is 0.